The van der Waals surface area contributed by atoms with Gasteiger partial charge in [-0.2, -0.15) is 0 Å². The van der Waals surface area contributed by atoms with Crippen molar-refractivity contribution in [3.63, 3.8) is 0 Å². The number of hydrogen-bond donors (Lipinski definition) is 1. The molecule has 1 aliphatic heterocycles. The molecule has 0 saturated carbocycles. The van der Waals surface area contributed by atoms with Gasteiger partial charge in [0.1, 0.15) is 0 Å². The summed E-state index contributed by atoms with van der Waals surface area (Å²) < 4.78 is 25.4. The Morgan fingerprint density at radius 1 is 1.44 bits per heavy atom. The van der Waals surface area contributed by atoms with Crippen LogP contribution in [0.4, 0.5) is 0 Å². The van der Waals surface area contributed by atoms with Gasteiger partial charge < -0.3 is 9.55 Å². The molecule has 1 N–H and O–H groups in total. The molecule has 0 radical (unpaired) electrons. The van der Waals surface area contributed by atoms with Crippen LogP contribution in [0.25, 0.3) is 11.0 Å². The molecule has 0 amide bonds. The van der Waals surface area contributed by atoms with Crippen LogP contribution in [-0.2, 0) is 9.84 Å². The van der Waals surface area contributed by atoms with Gasteiger partial charge in [-0.25, -0.2) is 8.42 Å². The maximum absolute atomic E-state index is 11.5. The molecule has 3 rings (SSSR count). The second-order valence-corrected chi connectivity index (χ2v) is 6.81. The van der Waals surface area contributed by atoms with Crippen LogP contribution in [0.5, 0.6) is 0 Å². The Labute approximate surface area is 110 Å². The fraction of sp³-hybridized carbons (Fsp3) is 0.250. The van der Waals surface area contributed by atoms with Gasteiger partial charge in [-0.1, -0.05) is 12.1 Å². The topological polar surface area (TPSA) is 54.9 Å². The lowest BCUT2D eigenvalue weighted by molar-refractivity contribution is 0.594. The van der Waals surface area contributed by atoms with Crippen LogP contribution in [0.15, 0.2) is 29.7 Å². The quantitative estimate of drug-likeness (QED) is 0.817. The summed E-state index contributed by atoms with van der Waals surface area (Å²) in [5, 5.41) is 1.27. The first-order valence-corrected chi connectivity index (χ1v) is 7.71. The molecule has 1 atom stereocenters. The van der Waals surface area contributed by atoms with Gasteiger partial charge in [0, 0.05) is 5.41 Å². The number of aromatic nitrogens is 2. The van der Waals surface area contributed by atoms with Gasteiger partial charge in [0.2, 0.25) is 0 Å². The van der Waals surface area contributed by atoms with Crippen LogP contribution in [-0.4, -0.2) is 23.7 Å². The van der Waals surface area contributed by atoms with Crippen LogP contribution in [0.1, 0.15) is 11.6 Å². The molecule has 18 heavy (non-hydrogen) atoms. The molecule has 4 nitrogen and oxygen atoms in total. The number of H-pyrrole nitrogens is 1. The molecular weight excluding hydrogens is 268 g/mol. The molecule has 6 heteroatoms. The monoisotopic (exact) mass is 280 g/mol. The summed E-state index contributed by atoms with van der Waals surface area (Å²) in [5.74, 6) is 0.0855. The van der Waals surface area contributed by atoms with Crippen LogP contribution in [0.3, 0.4) is 0 Å². The van der Waals surface area contributed by atoms with Crippen molar-refractivity contribution in [1.29, 1.82) is 0 Å². The second kappa shape index (κ2) is 3.80. The molecule has 2 aromatic rings. The molecule has 2 heterocycles. The SMILES string of the molecule is Cc1cccc2c1[nH]c(=S)n2C1C=CS(=O)(=O)C1. The van der Waals surface area contributed by atoms with E-state index in [1.807, 2.05) is 29.7 Å². The average molecular weight is 280 g/mol. The highest BCUT2D eigenvalue weighted by Gasteiger charge is 2.25. The maximum Gasteiger partial charge on any atom is 0.178 e. The van der Waals surface area contributed by atoms with Crippen molar-refractivity contribution in [3.8, 4) is 0 Å². The number of nitrogens with zero attached hydrogens (tertiary/aromatic N) is 1. The Bertz CT molecular complexity index is 812. The minimum absolute atomic E-state index is 0.0855. The number of fused-ring (bicyclic) bond motifs is 1. The molecule has 0 bridgehead atoms. The first-order chi connectivity index (χ1) is 8.48. The number of aryl methyl sites for hydroxylation is 1. The fourth-order valence-electron chi connectivity index (χ4n) is 2.34. The van der Waals surface area contributed by atoms with Crippen molar-refractivity contribution < 1.29 is 8.42 Å². The van der Waals surface area contributed by atoms with Crippen molar-refractivity contribution in [2.75, 3.05) is 5.75 Å². The molecule has 1 aromatic heterocycles. The van der Waals surface area contributed by atoms with Crippen molar-refractivity contribution in [1.82, 2.24) is 9.55 Å². The zero-order valence-electron chi connectivity index (χ0n) is 9.75. The summed E-state index contributed by atoms with van der Waals surface area (Å²) >= 11 is 5.30. The summed E-state index contributed by atoms with van der Waals surface area (Å²) in [5.41, 5.74) is 3.02. The van der Waals surface area contributed by atoms with E-state index in [9.17, 15) is 8.42 Å². The Morgan fingerprint density at radius 2 is 2.22 bits per heavy atom. The molecule has 0 aliphatic carbocycles. The smallest absolute Gasteiger partial charge is 0.178 e. The van der Waals surface area contributed by atoms with E-state index in [4.69, 9.17) is 12.2 Å². The number of rotatable bonds is 1. The van der Waals surface area contributed by atoms with Gasteiger partial charge in [-0.15, -0.1) is 0 Å². The van der Waals surface area contributed by atoms with Crippen LogP contribution < -0.4 is 0 Å². The van der Waals surface area contributed by atoms with Gasteiger partial charge in [0.25, 0.3) is 0 Å². The fourth-order valence-corrected chi connectivity index (χ4v) is 3.95. The summed E-state index contributed by atoms with van der Waals surface area (Å²) in [7, 11) is -3.08. The van der Waals surface area contributed by atoms with Crippen LogP contribution in [0, 0.1) is 11.7 Å². The maximum atomic E-state index is 11.5. The van der Waals surface area contributed by atoms with E-state index >= 15 is 0 Å². The third-order valence-corrected chi connectivity index (χ3v) is 4.88. The number of aromatic amines is 1. The normalized spacial score (nSPS) is 21.7. The Kier molecular flexibility index (Phi) is 2.46. The second-order valence-electron chi connectivity index (χ2n) is 4.49. The highest BCUT2D eigenvalue weighted by molar-refractivity contribution is 7.94. The first kappa shape index (κ1) is 11.7. The van der Waals surface area contributed by atoms with E-state index in [2.05, 4.69) is 4.98 Å². The Morgan fingerprint density at radius 3 is 2.89 bits per heavy atom. The van der Waals surface area contributed by atoms with Gasteiger partial charge in [0.15, 0.2) is 14.6 Å². The summed E-state index contributed by atoms with van der Waals surface area (Å²) in [6, 6.07) is 5.69. The highest BCUT2D eigenvalue weighted by atomic mass is 32.2. The summed E-state index contributed by atoms with van der Waals surface area (Å²) in [6.07, 6.45) is 1.70. The van der Waals surface area contributed by atoms with Gasteiger partial charge in [0.05, 0.1) is 22.8 Å². The van der Waals surface area contributed by atoms with Crippen molar-refractivity contribution >= 4 is 33.1 Å². The van der Waals surface area contributed by atoms with Crippen molar-refractivity contribution in [2.24, 2.45) is 0 Å². The molecule has 1 aliphatic rings. The minimum atomic E-state index is -3.08. The van der Waals surface area contributed by atoms with E-state index in [0.717, 1.165) is 16.6 Å². The summed E-state index contributed by atoms with van der Waals surface area (Å²) in [4.78, 5) is 3.15. The van der Waals surface area contributed by atoms with E-state index in [1.165, 1.54) is 5.41 Å². The molecule has 0 fully saturated rings. The number of benzene rings is 1. The van der Waals surface area contributed by atoms with Gasteiger partial charge in [-0.05, 0) is 36.8 Å². The van der Waals surface area contributed by atoms with E-state index in [1.54, 1.807) is 6.08 Å². The van der Waals surface area contributed by atoms with Crippen LogP contribution >= 0.6 is 12.2 Å². The number of imidazole rings is 1. The molecule has 1 aromatic carbocycles. The van der Waals surface area contributed by atoms with Crippen molar-refractivity contribution in [2.45, 2.75) is 13.0 Å². The zero-order valence-corrected chi connectivity index (χ0v) is 11.4. The lowest BCUT2D eigenvalue weighted by Crippen LogP contribution is -2.11. The largest absolute Gasteiger partial charge is 0.330 e. The van der Waals surface area contributed by atoms with Crippen molar-refractivity contribution in [3.05, 3.63) is 40.0 Å². The lowest BCUT2D eigenvalue weighted by Gasteiger charge is -2.10. The third kappa shape index (κ3) is 1.72. The molecule has 0 saturated heterocycles. The Hall–Kier alpha value is -1.40. The third-order valence-electron chi connectivity index (χ3n) is 3.20. The standard InChI is InChI=1S/C12H12N2O2S2/c1-8-3-2-4-10-11(8)13-12(17)14(10)9-5-6-18(15,16)7-9/h2-6,9H,7H2,1H3,(H,13,17). The predicted octanol–water partition coefficient (Wildman–Crippen LogP) is 2.49. The van der Waals surface area contributed by atoms with E-state index < -0.39 is 9.84 Å². The van der Waals surface area contributed by atoms with E-state index in [0.29, 0.717) is 4.77 Å². The lowest BCUT2D eigenvalue weighted by atomic mass is 10.2. The number of allylic oxidation sites excluding steroid dienone is 1. The number of para-hydroxylation sites is 1. The number of nitrogens with one attached hydrogen (secondary N) is 1. The van der Waals surface area contributed by atoms with Gasteiger partial charge >= 0.3 is 0 Å². The molecular formula is C12H12N2O2S2. The predicted molar refractivity (Wildman–Crippen MR) is 73.8 cm³/mol. The Balaban J connectivity index is 2.25. The molecule has 94 valence electrons. The number of hydrogen-bond acceptors (Lipinski definition) is 3. The minimum Gasteiger partial charge on any atom is -0.330 e. The van der Waals surface area contributed by atoms with E-state index in [-0.39, 0.29) is 11.8 Å². The van der Waals surface area contributed by atoms with Gasteiger partial charge in [-0.3, -0.25) is 0 Å². The number of sulfone groups is 1. The molecule has 0 spiro atoms. The zero-order chi connectivity index (χ0) is 12.9. The molecule has 1 unspecified atom stereocenters. The first-order valence-electron chi connectivity index (χ1n) is 5.59. The van der Waals surface area contributed by atoms with Crippen LogP contribution in [0.2, 0.25) is 0 Å². The highest BCUT2D eigenvalue weighted by Crippen LogP contribution is 2.27. The average Bonchev–Trinajstić information content (AvgIpc) is 2.79. The summed E-state index contributed by atoms with van der Waals surface area (Å²) in [6.45, 7) is 2.00.